The average molecular weight is 489 g/mol. The number of esters is 1. The van der Waals surface area contributed by atoms with Gasteiger partial charge in [-0.2, -0.15) is 0 Å². The molecule has 1 saturated carbocycles. The highest BCUT2D eigenvalue weighted by atomic mass is 16.6. The van der Waals surface area contributed by atoms with Gasteiger partial charge >= 0.3 is 5.97 Å². The molecular weight excluding hydrogens is 456 g/mol. The van der Waals surface area contributed by atoms with Crippen LogP contribution >= 0.6 is 0 Å². The van der Waals surface area contributed by atoms with E-state index in [1.165, 1.54) is 18.1 Å². The van der Waals surface area contributed by atoms with Gasteiger partial charge in [-0.05, 0) is 49.5 Å². The van der Waals surface area contributed by atoms with E-state index in [0.29, 0.717) is 12.8 Å². The molecule has 2 aliphatic carbocycles. The van der Waals surface area contributed by atoms with Gasteiger partial charge in [0.25, 0.3) is 0 Å². The molecule has 7 nitrogen and oxygen atoms in total. The van der Waals surface area contributed by atoms with Crippen molar-refractivity contribution in [2.75, 3.05) is 20.1 Å². The molecule has 2 aromatic rings. The van der Waals surface area contributed by atoms with E-state index in [2.05, 4.69) is 17.5 Å². The van der Waals surface area contributed by atoms with Crippen LogP contribution in [0.4, 0.5) is 0 Å². The Morgan fingerprint density at radius 3 is 2.92 bits per heavy atom. The Morgan fingerprint density at radius 2 is 2.17 bits per heavy atom. The topological polar surface area (TPSA) is 72.2 Å². The normalized spacial score (nSPS) is 32.0. The van der Waals surface area contributed by atoms with Crippen LogP contribution in [0.1, 0.15) is 42.9 Å². The van der Waals surface area contributed by atoms with Crippen molar-refractivity contribution < 1.29 is 23.5 Å². The summed E-state index contributed by atoms with van der Waals surface area (Å²) in [4.78, 5) is 30.1. The van der Waals surface area contributed by atoms with Crippen LogP contribution in [0.15, 0.2) is 59.9 Å². The Balaban J connectivity index is 1.44. The van der Waals surface area contributed by atoms with Crippen LogP contribution in [0.25, 0.3) is 6.08 Å². The molecule has 1 aromatic carbocycles. The molecule has 3 heterocycles. The molecular formula is C29H32N2O5. The maximum atomic E-state index is 13.3. The van der Waals surface area contributed by atoms with Crippen molar-refractivity contribution in [1.29, 1.82) is 0 Å². The molecule has 5 atom stereocenters. The van der Waals surface area contributed by atoms with Crippen LogP contribution in [0.2, 0.25) is 0 Å². The number of carbonyl (C=O) groups excluding carboxylic acids is 2. The van der Waals surface area contributed by atoms with Crippen molar-refractivity contribution in [2.45, 2.75) is 61.8 Å². The minimum absolute atomic E-state index is 0.0306. The largest absolute Gasteiger partial charge is 0.487 e. The van der Waals surface area contributed by atoms with Gasteiger partial charge in [-0.1, -0.05) is 18.2 Å². The van der Waals surface area contributed by atoms with Gasteiger partial charge in [0, 0.05) is 44.3 Å². The van der Waals surface area contributed by atoms with Gasteiger partial charge in [-0.15, -0.1) is 6.58 Å². The first-order valence-corrected chi connectivity index (χ1v) is 12.7. The zero-order valence-electron chi connectivity index (χ0n) is 20.8. The van der Waals surface area contributed by atoms with Crippen molar-refractivity contribution in [3.05, 3.63) is 72.2 Å². The highest BCUT2D eigenvalue weighted by Gasteiger charge is 2.75. The molecule has 1 saturated heterocycles. The van der Waals surface area contributed by atoms with Gasteiger partial charge in [0.1, 0.15) is 17.5 Å². The molecule has 1 aromatic heterocycles. The zero-order valence-corrected chi connectivity index (χ0v) is 20.8. The summed E-state index contributed by atoms with van der Waals surface area (Å²) in [7, 11) is 1.85. The number of likely N-dealkylation sites (tertiary alicyclic amines) is 1. The van der Waals surface area contributed by atoms with Crippen molar-refractivity contribution in [2.24, 2.45) is 0 Å². The van der Waals surface area contributed by atoms with Crippen LogP contribution < -0.4 is 4.74 Å². The van der Waals surface area contributed by atoms with E-state index in [-0.39, 0.29) is 30.1 Å². The van der Waals surface area contributed by atoms with Gasteiger partial charge in [0.15, 0.2) is 0 Å². The second-order valence-corrected chi connectivity index (χ2v) is 10.5. The standard InChI is InChI=1S/C29H32N2O5/c1-4-14-31-15-13-28-26-21-6-5-7-23(26)35-27(28)22(10-12-29(28,24(31)17-21)36-19(2)32)30(3)25(33)9-8-20-11-16-34-18-20/h4-9,11,16,18,22,24,27H,1,10,12-15,17H2,2-3H3/b9-8+/t22-,24+,27-,28-,29+/m0/s1. The molecule has 0 radical (unpaired) electrons. The monoisotopic (exact) mass is 488 g/mol. The Labute approximate surface area is 211 Å². The molecule has 0 unspecified atom stereocenters. The highest BCUT2D eigenvalue weighted by molar-refractivity contribution is 5.92. The summed E-state index contributed by atoms with van der Waals surface area (Å²) < 4.78 is 18.3. The molecule has 36 heavy (non-hydrogen) atoms. The number of piperidine rings is 1. The third-order valence-electron chi connectivity index (χ3n) is 8.90. The molecule has 7 heteroatoms. The summed E-state index contributed by atoms with van der Waals surface area (Å²) in [5, 5.41) is 0. The van der Waals surface area contributed by atoms with E-state index < -0.39 is 11.0 Å². The minimum atomic E-state index is -0.711. The minimum Gasteiger partial charge on any atom is -0.487 e. The van der Waals surface area contributed by atoms with E-state index >= 15 is 0 Å². The maximum absolute atomic E-state index is 13.3. The predicted molar refractivity (Wildman–Crippen MR) is 134 cm³/mol. The van der Waals surface area contributed by atoms with Crippen molar-refractivity contribution in [3.8, 4) is 5.75 Å². The summed E-state index contributed by atoms with van der Waals surface area (Å²) in [5.41, 5.74) is 2.07. The maximum Gasteiger partial charge on any atom is 0.303 e. The Hall–Kier alpha value is -3.32. The summed E-state index contributed by atoms with van der Waals surface area (Å²) >= 11 is 0. The van der Waals surface area contributed by atoms with Gasteiger partial charge in [-0.3, -0.25) is 14.5 Å². The van der Waals surface area contributed by atoms with Gasteiger partial charge in [0.2, 0.25) is 5.91 Å². The number of likely N-dealkylation sites (N-methyl/N-ethyl adjacent to an activating group) is 1. The Bertz CT molecular complexity index is 1240. The lowest BCUT2D eigenvalue weighted by atomic mass is 9.48. The fraction of sp³-hybridized carbons (Fsp3) is 0.448. The number of rotatable bonds is 6. The second kappa shape index (κ2) is 8.37. The zero-order chi connectivity index (χ0) is 25.1. The predicted octanol–water partition coefficient (Wildman–Crippen LogP) is 3.73. The molecule has 1 amide bonds. The Morgan fingerprint density at radius 1 is 1.31 bits per heavy atom. The molecule has 6 rings (SSSR count). The first-order valence-electron chi connectivity index (χ1n) is 12.7. The summed E-state index contributed by atoms with van der Waals surface area (Å²) in [6.07, 6.45) is 11.1. The van der Waals surface area contributed by atoms with E-state index in [9.17, 15) is 9.59 Å². The highest BCUT2D eigenvalue weighted by Crippen LogP contribution is 2.65. The quantitative estimate of drug-likeness (QED) is 0.351. The molecule has 1 spiro atoms. The van der Waals surface area contributed by atoms with Gasteiger partial charge in [-0.25, -0.2) is 0 Å². The van der Waals surface area contributed by atoms with Crippen molar-refractivity contribution in [3.63, 3.8) is 0 Å². The van der Waals surface area contributed by atoms with Crippen LogP contribution in [-0.2, 0) is 26.2 Å². The number of hydrogen-bond donors (Lipinski definition) is 0. The number of amides is 1. The molecule has 2 bridgehead atoms. The smallest absolute Gasteiger partial charge is 0.303 e. The van der Waals surface area contributed by atoms with E-state index in [4.69, 9.17) is 13.9 Å². The SMILES string of the molecule is C=CCN1CC[C@]23c4c5cccc4O[C@H]2[C@@H](N(C)C(=O)/C=C/c2ccoc2)CC[C@@]3(OC(C)=O)[C@H]1C5. The van der Waals surface area contributed by atoms with Gasteiger partial charge in [0.05, 0.1) is 30.0 Å². The van der Waals surface area contributed by atoms with Crippen molar-refractivity contribution >= 4 is 18.0 Å². The number of nitrogens with zero attached hydrogens (tertiary/aromatic N) is 2. The fourth-order valence-electron chi connectivity index (χ4n) is 7.61. The van der Waals surface area contributed by atoms with Crippen molar-refractivity contribution in [1.82, 2.24) is 9.80 Å². The lowest BCUT2D eigenvalue weighted by Crippen LogP contribution is -2.79. The third kappa shape index (κ3) is 3.08. The first kappa shape index (κ1) is 23.1. The van der Waals surface area contributed by atoms with Crippen LogP contribution in [0.3, 0.4) is 0 Å². The first-order chi connectivity index (χ1) is 17.4. The number of carbonyl (C=O) groups is 2. The average Bonchev–Trinajstić information content (AvgIpc) is 3.49. The van der Waals surface area contributed by atoms with Gasteiger partial charge < -0.3 is 18.8 Å². The third-order valence-corrected chi connectivity index (χ3v) is 8.90. The number of ether oxygens (including phenoxy) is 2. The van der Waals surface area contributed by atoms with E-state index in [1.807, 2.05) is 31.3 Å². The summed E-state index contributed by atoms with van der Waals surface area (Å²) in [6, 6.07) is 7.95. The number of hydrogen-bond acceptors (Lipinski definition) is 6. The summed E-state index contributed by atoms with van der Waals surface area (Å²) in [6.45, 7) is 7.08. The molecule has 2 aliphatic heterocycles. The fourth-order valence-corrected chi connectivity index (χ4v) is 7.61. The molecule has 188 valence electrons. The molecule has 4 aliphatic rings. The van der Waals surface area contributed by atoms with Crippen LogP contribution in [0.5, 0.6) is 5.75 Å². The lowest BCUT2D eigenvalue weighted by Gasteiger charge is -2.65. The molecule has 0 N–H and O–H groups in total. The summed E-state index contributed by atoms with van der Waals surface area (Å²) in [5.74, 6) is 0.512. The number of benzene rings is 1. The van der Waals surface area contributed by atoms with E-state index in [0.717, 1.165) is 37.2 Å². The van der Waals surface area contributed by atoms with E-state index in [1.54, 1.807) is 29.6 Å². The Kier molecular flexibility index (Phi) is 5.37. The number of furan rings is 1. The second-order valence-electron chi connectivity index (χ2n) is 10.5. The lowest BCUT2D eigenvalue weighted by molar-refractivity contribution is -0.222. The van der Waals surface area contributed by atoms with Crippen LogP contribution in [-0.4, -0.2) is 65.6 Å². The van der Waals surface area contributed by atoms with Crippen LogP contribution in [0, 0.1) is 0 Å². The molecule has 2 fully saturated rings.